The van der Waals surface area contributed by atoms with Crippen molar-refractivity contribution >= 4 is 98.4 Å². The lowest BCUT2D eigenvalue weighted by Crippen LogP contribution is -1.99. The summed E-state index contributed by atoms with van der Waals surface area (Å²) in [5.74, 6) is 9.01. The molecule has 0 radical (unpaired) electrons. The average molecular weight is 1080 g/mol. The number of ether oxygens (including phenoxy) is 3. The van der Waals surface area contributed by atoms with Gasteiger partial charge in [0, 0.05) is 67.5 Å². The molecule has 0 amide bonds. The maximum absolute atomic E-state index is 12.3. The minimum Gasteiger partial charge on any atom is -0.493 e. The van der Waals surface area contributed by atoms with E-state index in [-0.39, 0.29) is 10.6 Å². The minimum atomic E-state index is -0.374. The van der Waals surface area contributed by atoms with E-state index in [4.69, 9.17) is 34.1 Å². The lowest BCUT2D eigenvalue weighted by atomic mass is 9.92. The summed E-state index contributed by atoms with van der Waals surface area (Å²) in [7, 11) is 4.75. The number of hydrogen-bond donors (Lipinski definition) is 4. The van der Waals surface area contributed by atoms with Crippen LogP contribution in [-0.4, -0.2) is 66.1 Å². The lowest BCUT2D eigenvalue weighted by molar-refractivity contribution is -0.384. The standard InChI is InChI=1S/C68H61N9O5/c1-7-10-11-12-16-48-53-27-28-55(73-53)50(22-21-49-51-23-17-43(69-51)38-45-19-25-57(71-45)65(40(8-2)9-3)58-26-20-46(72-58)39-44-18-24-52(49)70-44)56-30-32-61(75-56)67(42-36-63(80-4)68(82-6)64(37-42)81-5)62-34-33-60(76-62)66(59-31-29-54(48)74-59)41-14-13-15-47(35-41)77(78)79/h13-15,17-20,23-40,69,72-73,76H,7-12,16H2,1-6H3. The molecule has 10 heterocycles. The smallest absolute Gasteiger partial charge is 0.270 e. The molecule has 6 aromatic heterocycles. The number of nitro groups is 1. The van der Waals surface area contributed by atoms with Gasteiger partial charge in [-0.25, -0.2) is 19.9 Å². The second-order valence-electron chi connectivity index (χ2n) is 20.6. The Morgan fingerprint density at radius 1 is 0.512 bits per heavy atom. The molecule has 4 aliphatic rings. The molecule has 12 rings (SSSR count). The Balaban J connectivity index is 1.15. The first-order valence-corrected chi connectivity index (χ1v) is 28.0. The molecule has 82 heavy (non-hydrogen) atoms. The number of aromatic amines is 4. The summed E-state index contributed by atoms with van der Waals surface area (Å²) in [4.78, 5) is 48.0. The molecule has 0 saturated heterocycles. The first kappa shape index (κ1) is 52.7. The first-order valence-electron chi connectivity index (χ1n) is 28.0. The number of H-pyrrole nitrogens is 4. The van der Waals surface area contributed by atoms with E-state index in [0.29, 0.717) is 79.2 Å². The zero-order chi connectivity index (χ0) is 56.4. The molecular weight excluding hydrogens is 1020 g/mol. The van der Waals surface area contributed by atoms with Crippen LogP contribution in [0.15, 0.2) is 97.1 Å². The van der Waals surface area contributed by atoms with Crippen LogP contribution in [0.1, 0.15) is 133 Å². The molecule has 0 aliphatic carbocycles. The number of unbranched alkanes of at least 4 members (excludes halogenated alkanes) is 3. The van der Waals surface area contributed by atoms with Crippen molar-refractivity contribution in [2.75, 3.05) is 21.3 Å². The number of benzene rings is 2. The second kappa shape index (κ2) is 22.6. The van der Waals surface area contributed by atoms with Gasteiger partial charge in [0.25, 0.3) is 5.69 Å². The third kappa shape index (κ3) is 10.2. The number of nitro benzene ring substituents is 1. The number of aryl methyl sites for hydroxylation is 1. The first-order chi connectivity index (χ1) is 40.1. The third-order valence-electron chi connectivity index (χ3n) is 15.6. The van der Waals surface area contributed by atoms with Gasteiger partial charge in [0.2, 0.25) is 5.75 Å². The fraction of sp³-hybridized carbons (Fsp3) is 0.206. The van der Waals surface area contributed by atoms with Crippen LogP contribution < -0.4 is 14.2 Å². The van der Waals surface area contributed by atoms with Gasteiger partial charge in [-0.1, -0.05) is 64.0 Å². The molecule has 4 aliphatic heterocycles. The Bertz CT molecular complexity index is 4410. The highest BCUT2D eigenvalue weighted by Crippen LogP contribution is 2.44. The second-order valence-corrected chi connectivity index (χ2v) is 20.6. The highest BCUT2D eigenvalue weighted by Gasteiger charge is 2.22. The molecule has 14 heteroatoms. The van der Waals surface area contributed by atoms with Crippen molar-refractivity contribution in [1.29, 1.82) is 0 Å². The van der Waals surface area contributed by atoms with Crippen LogP contribution in [0.25, 0.3) is 115 Å². The fourth-order valence-electron chi connectivity index (χ4n) is 11.5. The van der Waals surface area contributed by atoms with Crippen LogP contribution in [0.4, 0.5) is 5.69 Å². The summed E-state index contributed by atoms with van der Waals surface area (Å²) in [5.41, 5.74) is 19.2. The topological polar surface area (TPSA) is 186 Å². The van der Waals surface area contributed by atoms with Gasteiger partial charge in [0.1, 0.15) is 0 Å². The highest BCUT2D eigenvalue weighted by molar-refractivity contribution is 5.97. The van der Waals surface area contributed by atoms with Gasteiger partial charge in [-0.3, -0.25) is 10.1 Å². The Morgan fingerprint density at radius 2 is 1.05 bits per heavy atom. The molecule has 408 valence electrons. The summed E-state index contributed by atoms with van der Waals surface area (Å²) in [6, 6.07) is 31.2. The fourth-order valence-corrected chi connectivity index (χ4v) is 11.5. The van der Waals surface area contributed by atoms with Crippen LogP contribution in [0.2, 0.25) is 0 Å². The number of non-ortho nitro benzene ring substituents is 1. The van der Waals surface area contributed by atoms with E-state index in [1.54, 1.807) is 33.5 Å². The van der Waals surface area contributed by atoms with Crippen molar-refractivity contribution < 1.29 is 19.1 Å². The Labute approximate surface area is 474 Å². The maximum atomic E-state index is 12.3. The van der Waals surface area contributed by atoms with E-state index >= 15 is 0 Å². The zero-order valence-electron chi connectivity index (χ0n) is 46.7. The number of aromatic nitrogens is 8. The monoisotopic (exact) mass is 1080 g/mol. The predicted octanol–water partition coefficient (Wildman–Crippen LogP) is 16.3. The number of hydrogen-bond acceptors (Lipinski definition) is 9. The summed E-state index contributed by atoms with van der Waals surface area (Å²) in [5, 5.41) is 12.3. The quantitative estimate of drug-likeness (QED) is 0.0356. The molecule has 0 atom stereocenters. The third-order valence-corrected chi connectivity index (χ3v) is 15.6. The van der Waals surface area contributed by atoms with E-state index in [1.807, 2.05) is 66.8 Å². The van der Waals surface area contributed by atoms with Crippen LogP contribution in [0.3, 0.4) is 0 Å². The van der Waals surface area contributed by atoms with Gasteiger partial charge in [-0.15, -0.1) is 0 Å². The van der Waals surface area contributed by atoms with Crippen LogP contribution in [-0.2, 0) is 6.42 Å². The number of nitrogens with zero attached hydrogens (tertiary/aromatic N) is 5. The largest absolute Gasteiger partial charge is 0.493 e. The van der Waals surface area contributed by atoms with E-state index in [9.17, 15) is 10.1 Å². The molecule has 16 bridgehead atoms. The molecule has 0 saturated carbocycles. The maximum Gasteiger partial charge on any atom is 0.270 e. The van der Waals surface area contributed by atoms with Gasteiger partial charge in [0.15, 0.2) is 11.5 Å². The molecule has 0 unspecified atom stereocenters. The summed E-state index contributed by atoms with van der Waals surface area (Å²) in [6.07, 6.45) is 23.3. The molecule has 0 spiro atoms. The average Bonchev–Trinajstić information content (AvgIpc) is 4.50. The zero-order valence-corrected chi connectivity index (χ0v) is 46.7. The number of methoxy groups -OCH3 is 3. The van der Waals surface area contributed by atoms with Crippen molar-refractivity contribution in [3.8, 4) is 51.3 Å². The van der Waals surface area contributed by atoms with Gasteiger partial charge in [0.05, 0.1) is 94.0 Å². The minimum absolute atomic E-state index is 0.0262. The van der Waals surface area contributed by atoms with Crippen molar-refractivity contribution in [1.82, 2.24) is 39.9 Å². The summed E-state index contributed by atoms with van der Waals surface area (Å²) >= 11 is 0. The molecule has 14 nitrogen and oxygen atoms in total. The Hall–Kier alpha value is -10.0. The summed E-state index contributed by atoms with van der Waals surface area (Å²) in [6.45, 7) is 6.69. The normalized spacial score (nSPS) is 12.3. The van der Waals surface area contributed by atoms with Crippen LogP contribution >= 0.6 is 0 Å². The summed E-state index contributed by atoms with van der Waals surface area (Å²) < 4.78 is 17.6. The lowest BCUT2D eigenvalue weighted by Gasteiger charge is -2.14. The van der Waals surface area contributed by atoms with Crippen LogP contribution in [0.5, 0.6) is 17.2 Å². The van der Waals surface area contributed by atoms with Gasteiger partial charge in [-0.2, -0.15) is 0 Å². The van der Waals surface area contributed by atoms with Gasteiger partial charge < -0.3 is 34.1 Å². The van der Waals surface area contributed by atoms with E-state index in [1.165, 1.54) is 11.6 Å². The van der Waals surface area contributed by atoms with Gasteiger partial charge in [-0.05, 0) is 164 Å². The molecule has 2 aromatic carbocycles. The number of fused-ring (bicyclic) bond motifs is 16. The van der Waals surface area contributed by atoms with Crippen LogP contribution in [0, 0.1) is 22.0 Å². The molecule has 8 aromatic rings. The molecule has 0 fully saturated rings. The SMILES string of the molecule is CCCCCCc1c2nc(c(-c3cccc([N+](=O)[O-])c3)c3ccc([nH]3)c(-c3cc(OC)c(OC)c(OC)c3)c3nc(c(C#Cc4c5nc(cc6ccc([nH]6)c(C(CC)CC)c6nc(cc7ccc4[nH]7)C=C6)C=C5)c4ccc1[nH]4)C=C3)C=C2. The van der Waals surface area contributed by atoms with Gasteiger partial charge >= 0.3 is 0 Å². The van der Waals surface area contributed by atoms with E-state index in [0.717, 1.165) is 118 Å². The highest BCUT2D eigenvalue weighted by atomic mass is 16.6. The molecular formula is C68H61N9O5. The Morgan fingerprint density at radius 3 is 1.71 bits per heavy atom. The van der Waals surface area contributed by atoms with Crippen molar-refractivity contribution in [3.63, 3.8) is 0 Å². The van der Waals surface area contributed by atoms with Crippen molar-refractivity contribution in [2.24, 2.45) is 0 Å². The Kier molecular flexibility index (Phi) is 14.5. The molecule has 4 N–H and O–H groups in total. The predicted molar refractivity (Wildman–Crippen MR) is 332 cm³/mol. The van der Waals surface area contributed by atoms with E-state index in [2.05, 4.69) is 113 Å². The number of nitrogens with one attached hydrogen (secondary N) is 4. The number of rotatable bonds is 14. The van der Waals surface area contributed by atoms with Crippen molar-refractivity contribution in [3.05, 3.63) is 175 Å². The van der Waals surface area contributed by atoms with E-state index < -0.39 is 0 Å². The van der Waals surface area contributed by atoms with Crippen molar-refractivity contribution in [2.45, 2.75) is 71.6 Å².